The molecule has 2 aromatic carbocycles. The van der Waals surface area contributed by atoms with E-state index in [-0.39, 0.29) is 24.5 Å². The van der Waals surface area contributed by atoms with Crippen molar-refractivity contribution in [2.24, 2.45) is 0 Å². The standard InChI is InChI=1S/C21H26N2O4/c1-15(2)27-20-12-8-6-10-18(20)23(16(3)24)14-21(25)22-13-17-9-5-7-11-19(17)26-4/h5-12,15H,13-14H2,1-4H3,(H,22,25). The number of nitrogens with zero attached hydrogens (tertiary/aromatic N) is 1. The summed E-state index contributed by atoms with van der Waals surface area (Å²) < 4.78 is 11.1. The van der Waals surface area contributed by atoms with E-state index in [0.717, 1.165) is 5.56 Å². The quantitative estimate of drug-likeness (QED) is 0.775. The summed E-state index contributed by atoms with van der Waals surface area (Å²) in [5, 5.41) is 2.84. The topological polar surface area (TPSA) is 67.9 Å². The lowest BCUT2D eigenvalue weighted by Gasteiger charge is -2.24. The Kier molecular flexibility index (Phi) is 7.23. The first kappa shape index (κ1) is 20.3. The monoisotopic (exact) mass is 370 g/mol. The number of benzene rings is 2. The van der Waals surface area contributed by atoms with Crippen LogP contribution in [0.2, 0.25) is 0 Å². The molecule has 1 N–H and O–H groups in total. The number of para-hydroxylation sites is 3. The van der Waals surface area contributed by atoms with Crippen LogP contribution in [0.5, 0.6) is 11.5 Å². The average molecular weight is 370 g/mol. The highest BCUT2D eigenvalue weighted by Gasteiger charge is 2.20. The van der Waals surface area contributed by atoms with Gasteiger partial charge in [-0.1, -0.05) is 30.3 Å². The van der Waals surface area contributed by atoms with Crippen molar-refractivity contribution in [1.82, 2.24) is 5.32 Å². The molecule has 0 aromatic heterocycles. The van der Waals surface area contributed by atoms with Crippen molar-refractivity contribution in [3.63, 3.8) is 0 Å². The van der Waals surface area contributed by atoms with Crippen molar-refractivity contribution in [1.29, 1.82) is 0 Å². The maximum absolute atomic E-state index is 12.5. The minimum absolute atomic E-state index is 0.0423. The van der Waals surface area contributed by atoms with E-state index < -0.39 is 0 Å². The number of carbonyl (C=O) groups is 2. The smallest absolute Gasteiger partial charge is 0.240 e. The summed E-state index contributed by atoms with van der Waals surface area (Å²) in [5.41, 5.74) is 1.44. The third-order valence-electron chi connectivity index (χ3n) is 3.87. The van der Waals surface area contributed by atoms with E-state index in [9.17, 15) is 9.59 Å². The molecule has 0 saturated heterocycles. The Morgan fingerprint density at radius 1 is 1.04 bits per heavy atom. The lowest BCUT2D eigenvalue weighted by molar-refractivity contribution is -0.123. The molecule has 6 heteroatoms. The molecule has 6 nitrogen and oxygen atoms in total. The molecule has 0 heterocycles. The molecule has 0 saturated carbocycles. The second-order valence-corrected chi connectivity index (χ2v) is 6.33. The molecular formula is C21H26N2O4. The fraction of sp³-hybridized carbons (Fsp3) is 0.333. The van der Waals surface area contributed by atoms with Crippen LogP contribution in [0.3, 0.4) is 0 Å². The second kappa shape index (κ2) is 9.62. The maximum atomic E-state index is 12.5. The third kappa shape index (κ3) is 5.74. The van der Waals surface area contributed by atoms with Crippen LogP contribution in [0, 0.1) is 0 Å². The van der Waals surface area contributed by atoms with Gasteiger partial charge >= 0.3 is 0 Å². The number of anilines is 1. The van der Waals surface area contributed by atoms with Crippen LogP contribution in [0.1, 0.15) is 26.3 Å². The number of carbonyl (C=O) groups excluding carboxylic acids is 2. The zero-order valence-corrected chi connectivity index (χ0v) is 16.2. The molecule has 0 aliphatic carbocycles. The van der Waals surface area contributed by atoms with Gasteiger partial charge in [-0.3, -0.25) is 14.5 Å². The molecule has 27 heavy (non-hydrogen) atoms. The molecule has 144 valence electrons. The van der Waals surface area contributed by atoms with E-state index in [1.807, 2.05) is 50.2 Å². The fourth-order valence-corrected chi connectivity index (χ4v) is 2.64. The highest BCUT2D eigenvalue weighted by atomic mass is 16.5. The zero-order chi connectivity index (χ0) is 19.8. The number of methoxy groups -OCH3 is 1. The number of amides is 2. The van der Waals surface area contributed by atoms with Gasteiger partial charge in [-0.25, -0.2) is 0 Å². The first-order valence-corrected chi connectivity index (χ1v) is 8.84. The molecule has 2 rings (SSSR count). The minimum Gasteiger partial charge on any atom is -0.496 e. The van der Waals surface area contributed by atoms with Gasteiger partial charge in [-0.05, 0) is 32.0 Å². The Labute approximate surface area is 160 Å². The van der Waals surface area contributed by atoms with Crippen molar-refractivity contribution >= 4 is 17.5 Å². The van der Waals surface area contributed by atoms with Crippen LogP contribution in [-0.2, 0) is 16.1 Å². The summed E-state index contributed by atoms with van der Waals surface area (Å²) in [5.74, 6) is 0.773. The first-order valence-electron chi connectivity index (χ1n) is 8.84. The molecule has 0 radical (unpaired) electrons. The van der Waals surface area contributed by atoms with Gasteiger partial charge in [0.05, 0.1) is 18.9 Å². The van der Waals surface area contributed by atoms with Gasteiger partial charge in [0.15, 0.2) is 0 Å². The second-order valence-electron chi connectivity index (χ2n) is 6.33. The molecule has 0 unspecified atom stereocenters. The van der Waals surface area contributed by atoms with Crippen LogP contribution in [0.25, 0.3) is 0 Å². The number of ether oxygens (including phenoxy) is 2. The van der Waals surface area contributed by atoms with Crippen LogP contribution in [-0.4, -0.2) is 31.6 Å². The molecule has 2 aromatic rings. The summed E-state index contributed by atoms with van der Waals surface area (Å²) in [6.45, 7) is 5.48. The van der Waals surface area contributed by atoms with Gasteiger partial charge in [-0.15, -0.1) is 0 Å². The summed E-state index contributed by atoms with van der Waals surface area (Å²) in [4.78, 5) is 26.0. The van der Waals surface area contributed by atoms with Crippen molar-refractivity contribution in [2.45, 2.75) is 33.4 Å². The predicted molar refractivity (Wildman–Crippen MR) is 105 cm³/mol. The highest BCUT2D eigenvalue weighted by Crippen LogP contribution is 2.29. The van der Waals surface area contributed by atoms with E-state index in [2.05, 4.69) is 5.32 Å². The van der Waals surface area contributed by atoms with E-state index in [1.165, 1.54) is 11.8 Å². The number of rotatable bonds is 8. The lowest BCUT2D eigenvalue weighted by Crippen LogP contribution is -2.40. The van der Waals surface area contributed by atoms with Crippen molar-refractivity contribution < 1.29 is 19.1 Å². The van der Waals surface area contributed by atoms with Crippen molar-refractivity contribution in [3.05, 3.63) is 54.1 Å². The number of nitrogens with one attached hydrogen (secondary N) is 1. The van der Waals surface area contributed by atoms with E-state index in [4.69, 9.17) is 9.47 Å². The first-order chi connectivity index (χ1) is 12.9. The molecule has 0 aliphatic rings. The fourth-order valence-electron chi connectivity index (χ4n) is 2.64. The Balaban J connectivity index is 2.10. The minimum atomic E-state index is -0.268. The summed E-state index contributed by atoms with van der Waals surface area (Å²) in [6, 6.07) is 14.7. The van der Waals surface area contributed by atoms with Gasteiger partial charge in [0, 0.05) is 19.0 Å². The normalized spacial score (nSPS) is 10.4. The van der Waals surface area contributed by atoms with Gasteiger partial charge in [0.1, 0.15) is 18.0 Å². The molecule has 0 aliphatic heterocycles. The summed E-state index contributed by atoms with van der Waals surface area (Å²) in [7, 11) is 1.59. The number of hydrogen-bond donors (Lipinski definition) is 1. The Bertz CT molecular complexity index is 789. The largest absolute Gasteiger partial charge is 0.496 e. The van der Waals surface area contributed by atoms with Gasteiger partial charge in [-0.2, -0.15) is 0 Å². The maximum Gasteiger partial charge on any atom is 0.240 e. The Morgan fingerprint density at radius 2 is 1.67 bits per heavy atom. The van der Waals surface area contributed by atoms with Crippen molar-refractivity contribution in [2.75, 3.05) is 18.6 Å². The Morgan fingerprint density at radius 3 is 2.30 bits per heavy atom. The highest BCUT2D eigenvalue weighted by molar-refractivity contribution is 5.98. The molecule has 0 fully saturated rings. The van der Waals surface area contributed by atoms with Crippen LogP contribution < -0.4 is 19.7 Å². The van der Waals surface area contributed by atoms with Gasteiger partial charge in [0.2, 0.25) is 11.8 Å². The van der Waals surface area contributed by atoms with Gasteiger partial charge in [0.25, 0.3) is 0 Å². The van der Waals surface area contributed by atoms with Crippen molar-refractivity contribution in [3.8, 4) is 11.5 Å². The number of hydrogen-bond acceptors (Lipinski definition) is 4. The predicted octanol–water partition coefficient (Wildman–Crippen LogP) is 3.15. The van der Waals surface area contributed by atoms with E-state index in [0.29, 0.717) is 23.7 Å². The zero-order valence-electron chi connectivity index (χ0n) is 16.2. The SMILES string of the molecule is COc1ccccc1CNC(=O)CN(C(C)=O)c1ccccc1OC(C)C. The van der Waals surface area contributed by atoms with E-state index in [1.54, 1.807) is 19.2 Å². The molecule has 0 spiro atoms. The molecule has 0 bridgehead atoms. The third-order valence-corrected chi connectivity index (χ3v) is 3.87. The molecule has 2 amide bonds. The summed E-state index contributed by atoms with van der Waals surface area (Å²) in [6.07, 6.45) is -0.0423. The molecular weight excluding hydrogens is 344 g/mol. The molecule has 0 atom stereocenters. The Hall–Kier alpha value is -3.02. The average Bonchev–Trinajstić information content (AvgIpc) is 2.64. The summed E-state index contributed by atoms with van der Waals surface area (Å²) >= 11 is 0. The van der Waals surface area contributed by atoms with Crippen LogP contribution in [0.15, 0.2) is 48.5 Å². The van der Waals surface area contributed by atoms with Crippen LogP contribution in [0.4, 0.5) is 5.69 Å². The van der Waals surface area contributed by atoms with E-state index >= 15 is 0 Å². The van der Waals surface area contributed by atoms with Gasteiger partial charge < -0.3 is 14.8 Å². The van der Waals surface area contributed by atoms with Crippen LogP contribution >= 0.6 is 0 Å². The lowest BCUT2D eigenvalue weighted by atomic mass is 10.2.